The van der Waals surface area contributed by atoms with Crippen LogP contribution in [0.15, 0.2) is 35.2 Å². The maximum absolute atomic E-state index is 12.2. The van der Waals surface area contributed by atoms with E-state index in [4.69, 9.17) is 15.6 Å². The molecule has 1 aliphatic rings. The Bertz CT molecular complexity index is 1130. The number of anilines is 1. The van der Waals surface area contributed by atoms with Gasteiger partial charge in [0.25, 0.3) is 5.91 Å². The highest BCUT2D eigenvalue weighted by molar-refractivity contribution is 7.82. The molecule has 1 heterocycles. The summed E-state index contributed by atoms with van der Waals surface area (Å²) in [7, 11) is -0.0319. The fourth-order valence-electron chi connectivity index (χ4n) is 5.29. The molecule has 2 aromatic carbocycles. The van der Waals surface area contributed by atoms with Gasteiger partial charge < -0.3 is 31.1 Å². The Kier molecular flexibility index (Phi) is 12.2. The SMILES string of the molecule is COc1ccc(CC(C)NCCCCNC(C)Cc2cc3c(c(C(N)=O)c2)N(CCCO)CC3)cc1S(N)=O. The van der Waals surface area contributed by atoms with E-state index in [1.165, 1.54) is 5.56 Å². The van der Waals surface area contributed by atoms with Gasteiger partial charge in [0.15, 0.2) is 0 Å². The number of nitrogens with zero attached hydrogens (tertiary/aromatic N) is 1. The molecule has 0 aliphatic carbocycles. The lowest BCUT2D eigenvalue weighted by atomic mass is 9.98. The lowest BCUT2D eigenvalue weighted by molar-refractivity contribution is 0.100. The average Bonchev–Trinajstić information content (AvgIpc) is 3.31. The summed E-state index contributed by atoms with van der Waals surface area (Å²) in [6.07, 6.45) is 5.33. The van der Waals surface area contributed by atoms with Crippen LogP contribution in [0.4, 0.5) is 5.69 Å². The van der Waals surface area contributed by atoms with Gasteiger partial charge in [-0.1, -0.05) is 12.1 Å². The van der Waals surface area contributed by atoms with E-state index in [2.05, 4.69) is 35.4 Å². The van der Waals surface area contributed by atoms with E-state index in [-0.39, 0.29) is 18.7 Å². The first-order valence-electron chi connectivity index (χ1n) is 13.8. The van der Waals surface area contributed by atoms with Gasteiger partial charge in [0.2, 0.25) is 0 Å². The number of hydrogen-bond donors (Lipinski definition) is 5. The number of hydrogen-bond acceptors (Lipinski definition) is 7. The van der Waals surface area contributed by atoms with Crippen LogP contribution in [0.25, 0.3) is 0 Å². The maximum atomic E-state index is 12.2. The van der Waals surface area contributed by atoms with Crippen LogP contribution in [-0.4, -0.2) is 67.2 Å². The van der Waals surface area contributed by atoms with E-state index in [0.717, 1.165) is 75.1 Å². The third kappa shape index (κ3) is 9.01. The van der Waals surface area contributed by atoms with Crippen LogP contribution < -0.4 is 31.1 Å². The number of rotatable bonds is 17. The predicted octanol–water partition coefficient (Wildman–Crippen LogP) is 2.04. The minimum absolute atomic E-state index is 0.137. The standard InChI is InChI=1S/C29H45N5O4S/c1-20(15-22-7-8-26(38-3)27(19-22)39(31)37)32-10-4-5-11-33-21(2)16-23-17-24-9-13-34(12-6-14-35)28(24)25(18-23)29(30)36/h7-8,17-21,32-33,35H,4-6,9-16,31H2,1-3H3,(H2,30,36). The zero-order valence-electron chi connectivity index (χ0n) is 23.5. The van der Waals surface area contributed by atoms with Crippen molar-refractivity contribution in [3.8, 4) is 5.75 Å². The van der Waals surface area contributed by atoms with E-state index in [0.29, 0.717) is 22.6 Å². The quantitative estimate of drug-likeness (QED) is 0.187. The van der Waals surface area contributed by atoms with Gasteiger partial charge in [0, 0.05) is 31.8 Å². The number of unbranched alkanes of at least 4 members (excludes halogenated alkanes) is 1. The molecule has 2 aromatic rings. The Hall–Kier alpha value is -2.50. The number of benzene rings is 2. The summed E-state index contributed by atoms with van der Waals surface area (Å²) >= 11 is 0. The molecule has 0 radical (unpaired) electrons. The summed E-state index contributed by atoms with van der Waals surface area (Å²) < 4.78 is 17.0. The smallest absolute Gasteiger partial charge is 0.250 e. The van der Waals surface area contributed by atoms with Crippen LogP contribution in [0.1, 0.15) is 60.2 Å². The molecule has 0 aromatic heterocycles. The number of primary amides is 1. The Morgan fingerprint density at radius 2 is 1.74 bits per heavy atom. The van der Waals surface area contributed by atoms with Gasteiger partial charge in [0.1, 0.15) is 16.7 Å². The van der Waals surface area contributed by atoms with Crippen molar-refractivity contribution in [2.24, 2.45) is 10.9 Å². The Morgan fingerprint density at radius 1 is 1.08 bits per heavy atom. The highest BCUT2D eigenvalue weighted by atomic mass is 32.2. The van der Waals surface area contributed by atoms with Crippen molar-refractivity contribution >= 4 is 22.6 Å². The number of nitrogens with two attached hydrogens (primary N) is 2. The summed E-state index contributed by atoms with van der Waals surface area (Å²) in [6.45, 7) is 7.88. The lowest BCUT2D eigenvalue weighted by Crippen LogP contribution is -2.31. The monoisotopic (exact) mass is 559 g/mol. The largest absolute Gasteiger partial charge is 0.495 e. The summed E-state index contributed by atoms with van der Waals surface area (Å²) in [4.78, 5) is 14.9. The van der Waals surface area contributed by atoms with Gasteiger partial charge in [0.05, 0.1) is 23.3 Å². The number of ether oxygens (including phenoxy) is 1. The normalized spacial score (nSPS) is 15.2. The van der Waals surface area contributed by atoms with Gasteiger partial charge in [-0.3, -0.25) is 4.79 Å². The Labute approximate surface area is 235 Å². The molecule has 7 N–H and O–H groups in total. The van der Waals surface area contributed by atoms with Crippen molar-refractivity contribution in [2.75, 3.05) is 44.8 Å². The van der Waals surface area contributed by atoms with Crippen molar-refractivity contribution in [3.05, 3.63) is 52.6 Å². The number of methoxy groups -OCH3 is 1. The van der Waals surface area contributed by atoms with Gasteiger partial charge in [-0.2, -0.15) is 0 Å². The van der Waals surface area contributed by atoms with Crippen LogP contribution in [0.2, 0.25) is 0 Å². The zero-order chi connectivity index (χ0) is 28.4. The second-order valence-electron chi connectivity index (χ2n) is 10.4. The van der Waals surface area contributed by atoms with Crippen LogP contribution in [-0.2, 0) is 30.2 Å². The molecule has 0 saturated heterocycles. The van der Waals surface area contributed by atoms with Gasteiger partial charge >= 0.3 is 0 Å². The molecule has 1 amide bonds. The summed E-state index contributed by atoms with van der Waals surface area (Å²) in [5.74, 6) is 0.153. The number of carbonyl (C=O) groups is 1. The molecule has 10 heteroatoms. The second-order valence-corrected chi connectivity index (χ2v) is 11.5. The molecule has 216 valence electrons. The minimum atomic E-state index is -1.58. The van der Waals surface area contributed by atoms with Crippen molar-refractivity contribution in [3.63, 3.8) is 0 Å². The molecule has 3 atom stereocenters. The topological polar surface area (TPSA) is 143 Å². The average molecular weight is 560 g/mol. The van der Waals surface area contributed by atoms with Crippen LogP contribution in [0, 0.1) is 0 Å². The molecule has 3 rings (SSSR count). The van der Waals surface area contributed by atoms with Crippen molar-refractivity contribution in [1.29, 1.82) is 0 Å². The number of aliphatic hydroxyl groups excluding tert-OH is 1. The second kappa shape index (κ2) is 15.3. The maximum Gasteiger partial charge on any atom is 0.250 e. The Morgan fingerprint density at radius 3 is 2.33 bits per heavy atom. The minimum Gasteiger partial charge on any atom is -0.495 e. The molecular formula is C29H45N5O4S. The highest BCUT2D eigenvalue weighted by Gasteiger charge is 2.25. The number of carbonyl (C=O) groups excluding carboxylic acids is 1. The number of amides is 1. The first kappa shape index (κ1) is 31.0. The first-order valence-corrected chi connectivity index (χ1v) is 15.1. The van der Waals surface area contributed by atoms with E-state index < -0.39 is 16.9 Å². The van der Waals surface area contributed by atoms with Gasteiger partial charge in [-0.25, -0.2) is 9.35 Å². The lowest BCUT2D eigenvalue weighted by Gasteiger charge is -2.22. The van der Waals surface area contributed by atoms with Crippen molar-refractivity contribution in [1.82, 2.24) is 10.6 Å². The summed E-state index contributed by atoms with van der Waals surface area (Å²) in [6, 6.07) is 10.4. The van der Waals surface area contributed by atoms with E-state index in [9.17, 15) is 14.1 Å². The molecular weight excluding hydrogens is 514 g/mol. The number of fused-ring (bicyclic) bond motifs is 1. The molecule has 9 nitrogen and oxygen atoms in total. The van der Waals surface area contributed by atoms with Crippen LogP contribution >= 0.6 is 0 Å². The molecule has 3 unspecified atom stereocenters. The first-order chi connectivity index (χ1) is 18.7. The summed E-state index contributed by atoms with van der Waals surface area (Å²) in [5, 5.41) is 21.9. The Balaban J connectivity index is 1.39. The molecule has 0 saturated carbocycles. The third-order valence-electron chi connectivity index (χ3n) is 7.19. The fraction of sp³-hybridized carbons (Fsp3) is 0.552. The van der Waals surface area contributed by atoms with Crippen molar-refractivity contribution in [2.45, 2.75) is 69.4 Å². The fourth-order valence-corrected chi connectivity index (χ4v) is 5.90. The van der Waals surface area contributed by atoms with E-state index in [1.54, 1.807) is 7.11 Å². The highest BCUT2D eigenvalue weighted by Crippen LogP contribution is 2.33. The molecule has 1 aliphatic heterocycles. The zero-order valence-corrected chi connectivity index (χ0v) is 24.3. The molecule has 39 heavy (non-hydrogen) atoms. The summed E-state index contributed by atoms with van der Waals surface area (Å²) in [5.41, 5.74) is 10.7. The predicted molar refractivity (Wildman–Crippen MR) is 158 cm³/mol. The third-order valence-corrected chi connectivity index (χ3v) is 7.94. The van der Waals surface area contributed by atoms with Crippen LogP contribution in [0.5, 0.6) is 5.75 Å². The molecule has 0 spiro atoms. The molecule has 0 bridgehead atoms. The van der Waals surface area contributed by atoms with Crippen LogP contribution in [0.3, 0.4) is 0 Å². The van der Waals surface area contributed by atoms with E-state index in [1.807, 2.05) is 24.3 Å². The number of aliphatic hydroxyl groups is 1. The van der Waals surface area contributed by atoms with Crippen molar-refractivity contribution < 1.29 is 18.8 Å². The van der Waals surface area contributed by atoms with Gasteiger partial charge in [-0.05, 0) is 100 Å². The number of nitrogens with one attached hydrogen (secondary N) is 2. The van der Waals surface area contributed by atoms with Gasteiger partial charge in [-0.15, -0.1) is 0 Å². The molecule has 0 fully saturated rings. The van der Waals surface area contributed by atoms with E-state index >= 15 is 0 Å².